The molecular formula is C22H28N6O4. The average Bonchev–Trinajstić information content (AvgIpc) is 3.33. The second kappa shape index (κ2) is 11.3. The average molecular weight is 441 g/mol. The highest BCUT2D eigenvalue weighted by atomic mass is 16.5. The van der Waals surface area contributed by atoms with Crippen molar-refractivity contribution in [3.63, 3.8) is 0 Å². The molecule has 1 aromatic carbocycles. The molecule has 2 aromatic heterocycles. The van der Waals surface area contributed by atoms with Crippen LogP contribution in [-0.4, -0.2) is 65.9 Å². The minimum atomic E-state index is 0.241. The largest absolute Gasteiger partial charge is 0.492 e. The van der Waals surface area contributed by atoms with E-state index in [2.05, 4.69) is 30.5 Å². The third-order valence-corrected chi connectivity index (χ3v) is 4.76. The molecule has 0 aliphatic carbocycles. The summed E-state index contributed by atoms with van der Waals surface area (Å²) in [5.41, 5.74) is 0.805. The van der Waals surface area contributed by atoms with Gasteiger partial charge in [-0.05, 0) is 31.2 Å². The van der Waals surface area contributed by atoms with Crippen LogP contribution in [0.25, 0.3) is 0 Å². The number of hydrogen-bond donors (Lipinski definition) is 2. The Morgan fingerprint density at radius 1 is 1.03 bits per heavy atom. The molecule has 3 heterocycles. The Labute approximate surface area is 186 Å². The number of benzene rings is 1. The molecule has 0 bridgehead atoms. The maximum atomic E-state index is 5.93. The minimum absolute atomic E-state index is 0.241. The van der Waals surface area contributed by atoms with Gasteiger partial charge in [0.05, 0.1) is 32.6 Å². The van der Waals surface area contributed by atoms with E-state index in [0.29, 0.717) is 31.7 Å². The van der Waals surface area contributed by atoms with Gasteiger partial charge in [-0.3, -0.25) is 4.90 Å². The summed E-state index contributed by atoms with van der Waals surface area (Å²) >= 11 is 0. The summed E-state index contributed by atoms with van der Waals surface area (Å²) in [4.78, 5) is 15.4. The van der Waals surface area contributed by atoms with Gasteiger partial charge in [0.15, 0.2) is 0 Å². The molecule has 32 heavy (non-hydrogen) atoms. The van der Waals surface area contributed by atoms with Crippen molar-refractivity contribution in [3.05, 3.63) is 48.4 Å². The molecular weight excluding hydrogens is 412 g/mol. The first-order valence-corrected chi connectivity index (χ1v) is 10.7. The third-order valence-electron chi connectivity index (χ3n) is 4.76. The molecule has 1 fully saturated rings. The van der Waals surface area contributed by atoms with Gasteiger partial charge < -0.3 is 29.3 Å². The van der Waals surface area contributed by atoms with E-state index in [1.165, 1.54) is 0 Å². The lowest BCUT2D eigenvalue weighted by Crippen LogP contribution is -2.38. The molecule has 0 atom stereocenters. The van der Waals surface area contributed by atoms with Crippen LogP contribution in [0.1, 0.15) is 12.7 Å². The Balaban J connectivity index is 1.37. The summed E-state index contributed by atoms with van der Waals surface area (Å²) in [5, 5.41) is 6.33. The molecule has 10 heteroatoms. The maximum absolute atomic E-state index is 5.93. The van der Waals surface area contributed by atoms with Crippen LogP contribution in [0.4, 0.5) is 17.6 Å². The number of anilines is 3. The van der Waals surface area contributed by atoms with Crippen molar-refractivity contribution in [2.24, 2.45) is 0 Å². The standard InChI is InChI=1S/C22H28N6O4/c1-2-30-22-26-20(23-16-19-7-4-11-31-19)25-21(27-22)24-17-5-3-6-18(15-17)32-14-10-28-8-12-29-13-9-28/h3-7,11,15H,2,8-10,12-14,16H2,1H3,(H2,23,24,25,26,27). The lowest BCUT2D eigenvalue weighted by atomic mass is 10.3. The topological polar surface area (TPSA) is 107 Å². The smallest absolute Gasteiger partial charge is 0.323 e. The van der Waals surface area contributed by atoms with E-state index in [9.17, 15) is 0 Å². The van der Waals surface area contributed by atoms with Gasteiger partial charge in [0, 0.05) is 31.4 Å². The highest BCUT2D eigenvalue weighted by molar-refractivity contribution is 5.56. The van der Waals surface area contributed by atoms with E-state index in [1.54, 1.807) is 6.26 Å². The van der Waals surface area contributed by atoms with Crippen molar-refractivity contribution in [2.75, 3.05) is 56.7 Å². The van der Waals surface area contributed by atoms with E-state index in [4.69, 9.17) is 18.6 Å². The first-order valence-electron chi connectivity index (χ1n) is 10.7. The lowest BCUT2D eigenvalue weighted by molar-refractivity contribution is 0.0322. The Hall–Kier alpha value is -3.37. The molecule has 0 spiro atoms. The van der Waals surface area contributed by atoms with Crippen molar-refractivity contribution in [1.29, 1.82) is 0 Å². The van der Waals surface area contributed by atoms with Gasteiger partial charge in [-0.1, -0.05) is 6.07 Å². The van der Waals surface area contributed by atoms with E-state index < -0.39 is 0 Å². The quantitative estimate of drug-likeness (QED) is 0.462. The zero-order valence-electron chi connectivity index (χ0n) is 18.1. The predicted molar refractivity (Wildman–Crippen MR) is 120 cm³/mol. The molecule has 2 N–H and O–H groups in total. The van der Waals surface area contributed by atoms with Crippen LogP contribution in [-0.2, 0) is 11.3 Å². The van der Waals surface area contributed by atoms with Crippen LogP contribution < -0.4 is 20.1 Å². The summed E-state index contributed by atoms with van der Waals surface area (Å²) in [7, 11) is 0. The summed E-state index contributed by atoms with van der Waals surface area (Å²) in [6.07, 6.45) is 1.62. The van der Waals surface area contributed by atoms with Crippen LogP contribution in [0.5, 0.6) is 11.8 Å². The second-order valence-corrected chi connectivity index (χ2v) is 7.09. The molecule has 170 valence electrons. The molecule has 0 radical (unpaired) electrons. The van der Waals surface area contributed by atoms with Gasteiger partial charge in [0.1, 0.15) is 18.1 Å². The van der Waals surface area contributed by atoms with Crippen molar-refractivity contribution in [1.82, 2.24) is 19.9 Å². The van der Waals surface area contributed by atoms with Crippen LogP contribution in [0, 0.1) is 0 Å². The zero-order chi connectivity index (χ0) is 22.0. The highest BCUT2D eigenvalue weighted by Gasteiger charge is 2.11. The first-order chi connectivity index (χ1) is 15.8. The van der Waals surface area contributed by atoms with Crippen LogP contribution in [0.3, 0.4) is 0 Å². The number of hydrogen-bond acceptors (Lipinski definition) is 10. The van der Waals surface area contributed by atoms with Gasteiger partial charge >= 0.3 is 6.01 Å². The number of nitrogens with one attached hydrogen (secondary N) is 2. The monoisotopic (exact) mass is 440 g/mol. The minimum Gasteiger partial charge on any atom is -0.492 e. The summed E-state index contributed by atoms with van der Waals surface area (Å²) in [5.74, 6) is 2.31. The van der Waals surface area contributed by atoms with E-state index in [0.717, 1.165) is 50.0 Å². The highest BCUT2D eigenvalue weighted by Crippen LogP contribution is 2.21. The van der Waals surface area contributed by atoms with Gasteiger partial charge in [-0.25, -0.2) is 0 Å². The fourth-order valence-electron chi connectivity index (χ4n) is 3.17. The number of morpholine rings is 1. The Bertz CT molecular complexity index is 963. The van der Waals surface area contributed by atoms with Crippen molar-refractivity contribution < 1.29 is 18.6 Å². The van der Waals surface area contributed by atoms with E-state index >= 15 is 0 Å². The Morgan fingerprint density at radius 3 is 2.72 bits per heavy atom. The second-order valence-electron chi connectivity index (χ2n) is 7.09. The molecule has 0 saturated carbocycles. The SMILES string of the molecule is CCOc1nc(NCc2ccco2)nc(Nc2cccc(OCCN3CCOCC3)c2)n1. The van der Waals surface area contributed by atoms with Gasteiger partial charge in [0.2, 0.25) is 11.9 Å². The van der Waals surface area contributed by atoms with Crippen molar-refractivity contribution in [2.45, 2.75) is 13.5 Å². The number of rotatable bonds is 11. The first kappa shape index (κ1) is 21.8. The van der Waals surface area contributed by atoms with Crippen molar-refractivity contribution in [3.8, 4) is 11.8 Å². The summed E-state index contributed by atoms with van der Waals surface area (Å²) < 4.78 is 22.1. The number of nitrogens with zero attached hydrogens (tertiary/aromatic N) is 4. The van der Waals surface area contributed by atoms with Crippen LogP contribution in [0.15, 0.2) is 47.1 Å². The number of furan rings is 1. The van der Waals surface area contributed by atoms with Gasteiger partial charge in [-0.2, -0.15) is 15.0 Å². The van der Waals surface area contributed by atoms with Gasteiger partial charge in [-0.15, -0.1) is 0 Å². The molecule has 10 nitrogen and oxygen atoms in total. The van der Waals surface area contributed by atoms with E-state index in [-0.39, 0.29) is 6.01 Å². The third kappa shape index (κ3) is 6.56. The summed E-state index contributed by atoms with van der Waals surface area (Å²) in [6.45, 7) is 7.74. The number of ether oxygens (including phenoxy) is 3. The number of aromatic nitrogens is 3. The van der Waals surface area contributed by atoms with Crippen molar-refractivity contribution >= 4 is 17.6 Å². The van der Waals surface area contributed by atoms with E-state index in [1.807, 2.05) is 43.3 Å². The Morgan fingerprint density at radius 2 is 1.91 bits per heavy atom. The fraction of sp³-hybridized carbons (Fsp3) is 0.409. The zero-order valence-corrected chi connectivity index (χ0v) is 18.1. The van der Waals surface area contributed by atoms with Crippen LogP contribution in [0.2, 0.25) is 0 Å². The molecule has 0 amide bonds. The normalized spacial score (nSPS) is 14.2. The summed E-state index contributed by atoms with van der Waals surface area (Å²) in [6, 6.07) is 11.6. The Kier molecular flexibility index (Phi) is 7.72. The van der Waals surface area contributed by atoms with Crippen LogP contribution >= 0.6 is 0 Å². The maximum Gasteiger partial charge on any atom is 0.323 e. The predicted octanol–water partition coefficient (Wildman–Crippen LogP) is 2.93. The lowest BCUT2D eigenvalue weighted by Gasteiger charge is -2.26. The fourth-order valence-corrected chi connectivity index (χ4v) is 3.17. The molecule has 1 aliphatic rings. The molecule has 1 saturated heterocycles. The molecule has 4 rings (SSSR count). The molecule has 3 aromatic rings. The van der Waals surface area contributed by atoms with Gasteiger partial charge in [0.25, 0.3) is 0 Å². The molecule has 1 aliphatic heterocycles. The molecule has 0 unspecified atom stereocenters.